The van der Waals surface area contributed by atoms with Crippen LogP contribution in [-0.4, -0.2) is 96.7 Å². The third kappa shape index (κ3) is 5.97. The molecule has 0 bridgehead atoms. The van der Waals surface area contributed by atoms with Gasteiger partial charge < -0.3 is 19.3 Å². The van der Waals surface area contributed by atoms with Crippen LogP contribution in [0.4, 0.5) is 4.79 Å². The average Bonchev–Trinajstić information content (AvgIpc) is 2.79. The topological polar surface area (TPSA) is 92.3 Å². The summed E-state index contributed by atoms with van der Waals surface area (Å²) < 4.78 is 10.1. The summed E-state index contributed by atoms with van der Waals surface area (Å²) in [4.78, 5) is 47.3. The third-order valence-electron chi connectivity index (χ3n) is 6.02. The number of ether oxygens (including phenoxy) is 2. The van der Waals surface area contributed by atoms with E-state index in [2.05, 4.69) is 4.90 Å². The Balaban J connectivity index is 1.64. The molecular formula is C23H34N4O5. The van der Waals surface area contributed by atoms with Crippen LogP contribution in [0.5, 0.6) is 0 Å². The van der Waals surface area contributed by atoms with Gasteiger partial charge in [-0.15, -0.1) is 0 Å². The van der Waals surface area contributed by atoms with Crippen LogP contribution in [0.3, 0.4) is 0 Å². The summed E-state index contributed by atoms with van der Waals surface area (Å²) in [5.41, 5.74) is 2.38. The number of aromatic nitrogens is 1. The third-order valence-corrected chi connectivity index (χ3v) is 6.02. The summed E-state index contributed by atoms with van der Waals surface area (Å²) in [7, 11) is 0. The molecule has 1 aromatic heterocycles. The standard InChI is InChI=1S/C23H34N4O5/c1-4-31-20(28)16-25-10-8-18(9-11-25)21-19(7-6-17(3)24-21)22(29)26-12-14-27(15-13-26)23(30)32-5-2/h6-7,18H,4-5,8-16H2,1-3H3. The Labute approximate surface area is 189 Å². The maximum absolute atomic E-state index is 13.3. The van der Waals surface area contributed by atoms with Crippen molar-refractivity contribution in [3.05, 3.63) is 29.1 Å². The zero-order chi connectivity index (χ0) is 23.1. The Bertz CT molecular complexity index is 815. The molecule has 2 aliphatic rings. The number of carbonyl (C=O) groups excluding carboxylic acids is 3. The minimum Gasteiger partial charge on any atom is -0.465 e. The fraction of sp³-hybridized carbons (Fsp3) is 0.652. The van der Waals surface area contributed by atoms with Crippen LogP contribution in [-0.2, 0) is 14.3 Å². The Morgan fingerprint density at radius 3 is 2.19 bits per heavy atom. The molecule has 9 heteroatoms. The SMILES string of the molecule is CCOC(=O)CN1CCC(c2nc(C)ccc2C(=O)N2CCN(C(=O)OCC)CC2)CC1. The van der Waals surface area contributed by atoms with Crippen molar-refractivity contribution >= 4 is 18.0 Å². The van der Waals surface area contributed by atoms with Gasteiger partial charge in [-0.2, -0.15) is 0 Å². The second kappa shape index (κ2) is 11.3. The zero-order valence-electron chi connectivity index (χ0n) is 19.3. The molecule has 2 fully saturated rings. The summed E-state index contributed by atoms with van der Waals surface area (Å²) in [5.74, 6) is -0.0597. The molecular weight excluding hydrogens is 412 g/mol. The first-order valence-electron chi connectivity index (χ1n) is 11.5. The lowest BCUT2D eigenvalue weighted by Gasteiger charge is -2.35. The molecule has 2 aliphatic heterocycles. The fourth-order valence-corrected chi connectivity index (χ4v) is 4.30. The monoisotopic (exact) mass is 446 g/mol. The van der Waals surface area contributed by atoms with Crippen LogP contribution >= 0.6 is 0 Å². The van der Waals surface area contributed by atoms with Gasteiger partial charge in [-0.05, 0) is 58.8 Å². The van der Waals surface area contributed by atoms with Crippen molar-refractivity contribution in [1.82, 2.24) is 19.7 Å². The molecule has 3 heterocycles. The van der Waals surface area contributed by atoms with Crippen molar-refractivity contribution in [2.75, 3.05) is 59.0 Å². The van der Waals surface area contributed by atoms with Gasteiger partial charge in [0.05, 0.1) is 31.0 Å². The second-order valence-electron chi connectivity index (χ2n) is 8.22. The molecule has 3 rings (SSSR count). The summed E-state index contributed by atoms with van der Waals surface area (Å²) in [6, 6.07) is 3.75. The highest BCUT2D eigenvalue weighted by atomic mass is 16.6. The van der Waals surface area contributed by atoms with E-state index in [1.54, 1.807) is 16.7 Å². The number of piperazine rings is 1. The van der Waals surface area contributed by atoms with Crippen LogP contribution in [0.15, 0.2) is 12.1 Å². The van der Waals surface area contributed by atoms with Gasteiger partial charge in [0.25, 0.3) is 5.91 Å². The normalized spacial score (nSPS) is 17.8. The Hall–Kier alpha value is -2.68. The Kier molecular flexibility index (Phi) is 8.44. The quantitative estimate of drug-likeness (QED) is 0.618. The van der Waals surface area contributed by atoms with E-state index in [1.165, 1.54) is 0 Å². The van der Waals surface area contributed by atoms with E-state index in [9.17, 15) is 14.4 Å². The molecule has 0 spiro atoms. The largest absolute Gasteiger partial charge is 0.465 e. The molecule has 0 N–H and O–H groups in total. The molecule has 9 nitrogen and oxygen atoms in total. The molecule has 176 valence electrons. The molecule has 2 saturated heterocycles. The molecule has 1 aromatic rings. The fourth-order valence-electron chi connectivity index (χ4n) is 4.30. The zero-order valence-corrected chi connectivity index (χ0v) is 19.3. The first kappa shape index (κ1) is 24.0. The highest BCUT2D eigenvalue weighted by molar-refractivity contribution is 5.95. The number of amides is 2. The first-order chi connectivity index (χ1) is 15.4. The van der Waals surface area contributed by atoms with E-state index >= 15 is 0 Å². The van der Waals surface area contributed by atoms with Crippen LogP contribution in [0.25, 0.3) is 0 Å². The van der Waals surface area contributed by atoms with Gasteiger partial charge in [0.2, 0.25) is 0 Å². The van der Waals surface area contributed by atoms with E-state index in [0.29, 0.717) is 51.5 Å². The number of nitrogens with zero attached hydrogens (tertiary/aromatic N) is 4. The maximum Gasteiger partial charge on any atom is 0.409 e. The van der Waals surface area contributed by atoms with E-state index in [0.717, 1.165) is 37.3 Å². The number of hydrogen-bond acceptors (Lipinski definition) is 7. The van der Waals surface area contributed by atoms with Crippen molar-refractivity contribution in [1.29, 1.82) is 0 Å². The van der Waals surface area contributed by atoms with Gasteiger partial charge >= 0.3 is 12.1 Å². The Morgan fingerprint density at radius 1 is 0.938 bits per heavy atom. The van der Waals surface area contributed by atoms with Crippen molar-refractivity contribution < 1.29 is 23.9 Å². The van der Waals surface area contributed by atoms with Gasteiger partial charge in [-0.3, -0.25) is 19.5 Å². The van der Waals surface area contributed by atoms with Crippen molar-refractivity contribution in [2.24, 2.45) is 0 Å². The average molecular weight is 447 g/mol. The lowest BCUT2D eigenvalue weighted by atomic mass is 9.89. The van der Waals surface area contributed by atoms with Crippen LogP contribution in [0.2, 0.25) is 0 Å². The van der Waals surface area contributed by atoms with Crippen LogP contribution < -0.4 is 0 Å². The predicted molar refractivity (Wildman–Crippen MR) is 119 cm³/mol. The van der Waals surface area contributed by atoms with Crippen molar-refractivity contribution in [3.8, 4) is 0 Å². The highest BCUT2D eigenvalue weighted by Crippen LogP contribution is 2.30. The van der Waals surface area contributed by atoms with E-state index in [1.807, 2.05) is 26.0 Å². The molecule has 2 amide bonds. The molecule has 0 atom stereocenters. The molecule has 0 aromatic carbocycles. The number of likely N-dealkylation sites (tertiary alicyclic amines) is 1. The molecule has 0 radical (unpaired) electrons. The molecule has 0 saturated carbocycles. The molecule has 0 unspecified atom stereocenters. The number of esters is 1. The van der Waals surface area contributed by atoms with Crippen LogP contribution in [0.1, 0.15) is 54.4 Å². The van der Waals surface area contributed by atoms with Crippen molar-refractivity contribution in [3.63, 3.8) is 0 Å². The smallest absolute Gasteiger partial charge is 0.409 e. The number of aryl methyl sites for hydroxylation is 1. The van der Waals surface area contributed by atoms with Crippen LogP contribution in [0, 0.1) is 6.92 Å². The summed E-state index contributed by atoms with van der Waals surface area (Å²) in [6.07, 6.45) is 1.35. The van der Waals surface area contributed by atoms with E-state index in [-0.39, 0.29) is 23.9 Å². The van der Waals surface area contributed by atoms with Gasteiger partial charge in [0, 0.05) is 37.8 Å². The number of rotatable bonds is 6. The van der Waals surface area contributed by atoms with E-state index in [4.69, 9.17) is 14.5 Å². The molecule has 0 aliphatic carbocycles. The minimum atomic E-state index is -0.327. The van der Waals surface area contributed by atoms with Gasteiger partial charge in [0.1, 0.15) is 0 Å². The maximum atomic E-state index is 13.3. The lowest BCUT2D eigenvalue weighted by Crippen LogP contribution is -2.51. The first-order valence-corrected chi connectivity index (χ1v) is 11.5. The number of hydrogen-bond donors (Lipinski definition) is 0. The number of piperidine rings is 1. The van der Waals surface area contributed by atoms with Gasteiger partial charge in [-0.25, -0.2) is 4.79 Å². The predicted octanol–water partition coefficient (Wildman–Crippen LogP) is 2.05. The summed E-state index contributed by atoms with van der Waals surface area (Å²) in [5, 5.41) is 0. The summed E-state index contributed by atoms with van der Waals surface area (Å²) in [6.45, 7) is 9.98. The van der Waals surface area contributed by atoms with E-state index < -0.39 is 0 Å². The number of pyridine rings is 1. The Morgan fingerprint density at radius 2 is 1.56 bits per heavy atom. The number of carbonyl (C=O) groups is 3. The highest BCUT2D eigenvalue weighted by Gasteiger charge is 2.30. The minimum absolute atomic E-state index is 0.0371. The second-order valence-corrected chi connectivity index (χ2v) is 8.22. The van der Waals surface area contributed by atoms with Gasteiger partial charge in [0.15, 0.2) is 0 Å². The van der Waals surface area contributed by atoms with Gasteiger partial charge in [-0.1, -0.05) is 0 Å². The van der Waals surface area contributed by atoms with Crippen molar-refractivity contribution in [2.45, 2.75) is 39.5 Å². The molecule has 32 heavy (non-hydrogen) atoms. The lowest BCUT2D eigenvalue weighted by molar-refractivity contribution is -0.144. The summed E-state index contributed by atoms with van der Waals surface area (Å²) >= 11 is 0.